The molecule has 4 heteroatoms. The summed E-state index contributed by atoms with van der Waals surface area (Å²) in [4.78, 5) is 0. The third-order valence-corrected chi connectivity index (χ3v) is 4.34. The Bertz CT molecular complexity index is 245. The first kappa shape index (κ1) is 12.2. The SMILES string of the molecule is OC1(C2CCCC2)CCCC(C(F)(F)F)C1. The van der Waals surface area contributed by atoms with Gasteiger partial charge in [-0.1, -0.05) is 12.8 Å². The average Bonchev–Trinajstić information content (AvgIpc) is 2.69. The summed E-state index contributed by atoms with van der Waals surface area (Å²) < 4.78 is 38.0. The standard InChI is InChI=1S/C12H19F3O/c13-12(14,15)10-6-3-7-11(16,8-10)9-4-1-2-5-9/h9-10,16H,1-8H2. The van der Waals surface area contributed by atoms with Crippen LogP contribution in [0.1, 0.15) is 51.4 Å². The number of alkyl halides is 3. The van der Waals surface area contributed by atoms with Gasteiger partial charge < -0.3 is 5.11 Å². The molecule has 0 amide bonds. The van der Waals surface area contributed by atoms with Crippen LogP contribution in [0.25, 0.3) is 0 Å². The van der Waals surface area contributed by atoms with Gasteiger partial charge in [0.25, 0.3) is 0 Å². The lowest BCUT2D eigenvalue weighted by atomic mass is 9.70. The monoisotopic (exact) mass is 236 g/mol. The summed E-state index contributed by atoms with van der Waals surface area (Å²) in [6, 6.07) is 0. The molecule has 1 nitrogen and oxygen atoms in total. The predicted molar refractivity (Wildman–Crippen MR) is 54.9 cm³/mol. The van der Waals surface area contributed by atoms with Gasteiger partial charge in [0.15, 0.2) is 0 Å². The van der Waals surface area contributed by atoms with Gasteiger partial charge in [-0.25, -0.2) is 0 Å². The van der Waals surface area contributed by atoms with Gasteiger partial charge in [-0.05, 0) is 44.4 Å². The van der Waals surface area contributed by atoms with E-state index in [1.165, 1.54) is 0 Å². The van der Waals surface area contributed by atoms with Crippen LogP contribution in [0, 0.1) is 11.8 Å². The molecule has 2 rings (SSSR count). The summed E-state index contributed by atoms with van der Waals surface area (Å²) in [6.07, 6.45) is 0.990. The molecule has 2 aliphatic rings. The Kier molecular flexibility index (Phi) is 3.21. The average molecular weight is 236 g/mol. The molecule has 0 heterocycles. The van der Waals surface area contributed by atoms with Crippen LogP contribution in [0.4, 0.5) is 13.2 Å². The molecule has 0 aliphatic heterocycles. The van der Waals surface area contributed by atoms with Crippen molar-refractivity contribution in [3.8, 4) is 0 Å². The van der Waals surface area contributed by atoms with Crippen molar-refractivity contribution in [3.05, 3.63) is 0 Å². The van der Waals surface area contributed by atoms with E-state index in [0.717, 1.165) is 25.7 Å². The molecule has 0 spiro atoms. The van der Waals surface area contributed by atoms with Crippen molar-refractivity contribution >= 4 is 0 Å². The molecule has 2 atom stereocenters. The van der Waals surface area contributed by atoms with Crippen LogP contribution in [-0.2, 0) is 0 Å². The van der Waals surface area contributed by atoms with Gasteiger partial charge >= 0.3 is 6.18 Å². The molecule has 0 radical (unpaired) electrons. The lowest BCUT2D eigenvalue weighted by Crippen LogP contribution is -2.44. The van der Waals surface area contributed by atoms with Crippen molar-refractivity contribution in [1.82, 2.24) is 0 Å². The van der Waals surface area contributed by atoms with Crippen LogP contribution >= 0.6 is 0 Å². The number of hydrogen-bond acceptors (Lipinski definition) is 1. The zero-order valence-electron chi connectivity index (χ0n) is 9.39. The van der Waals surface area contributed by atoms with Crippen molar-refractivity contribution in [3.63, 3.8) is 0 Å². The minimum atomic E-state index is -4.13. The van der Waals surface area contributed by atoms with Gasteiger partial charge in [0.05, 0.1) is 11.5 Å². The maximum atomic E-state index is 12.7. The minimum Gasteiger partial charge on any atom is -0.390 e. The van der Waals surface area contributed by atoms with Gasteiger partial charge in [0.1, 0.15) is 0 Å². The molecule has 2 aliphatic carbocycles. The topological polar surface area (TPSA) is 20.2 Å². The Labute approximate surface area is 94.0 Å². The second-order valence-corrected chi connectivity index (χ2v) is 5.42. The molecule has 0 saturated heterocycles. The molecule has 94 valence electrons. The summed E-state index contributed by atoms with van der Waals surface area (Å²) in [6.45, 7) is 0. The Balaban J connectivity index is 2.04. The van der Waals surface area contributed by atoms with E-state index in [1.54, 1.807) is 0 Å². The zero-order chi connectivity index (χ0) is 11.8. The largest absolute Gasteiger partial charge is 0.391 e. The molecule has 0 aromatic carbocycles. The lowest BCUT2D eigenvalue weighted by molar-refractivity contribution is -0.206. The lowest BCUT2D eigenvalue weighted by Gasteiger charge is -2.41. The van der Waals surface area contributed by atoms with Crippen molar-refractivity contribution in [2.45, 2.75) is 63.1 Å². The van der Waals surface area contributed by atoms with Gasteiger partial charge in [0, 0.05) is 0 Å². The molecule has 16 heavy (non-hydrogen) atoms. The smallest absolute Gasteiger partial charge is 0.390 e. The molecule has 0 aromatic rings. The Morgan fingerprint density at radius 2 is 1.62 bits per heavy atom. The third-order valence-electron chi connectivity index (χ3n) is 4.34. The highest BCUT2D eigenvalue weighted by Gasteiger charge is 2.49. The maximum Gasteiger partial charge on any atom is 0.391 e. The van der Waals surface area contributed by atoms with E-state index in [9.17, 15) is 18.3 Å². The van der Waals surface area contributed by atoms with E-state index in [4.69, 9.17) is 0 Å². The van der Waals surface area contributed by atoms with Gasteiger partial charge in [-0.2, -0.15) is 13.2 Å². The first-order valence-electron chi connectivity index (χ1n) is 6.21. The Hall–Kier alpha value is -0.250. The number of aliphatic hydroxyl groups is 1. The van der Waals surface area contributed by atoms with Crippen LogP contribution in [-0.4, -0.2) is 16.9 Å². The van der Waals surface area contributed by atoms with E-state index in [0.29, 0.717) is 12.8 Å². The highest BCUT2D eigenvalue weighted by atomic mass is 19.4. The molecule has 2 fully saturated rings. The maximum absolute atomic E-state index is 12.7. The minimum absolute atomic E-state index is 0.0683. The normalized spacial score (nSPS) is 37.9. The van der Waals surface area contributed by atoms with Crippen LogP contribution < -0.4 is 0 Å². The fourth-order valence-corrected chi connectivity index (χ4v) is 3.40. The molecule has 2 unspecified atom stereocenters. The zero-order valence-corrected chi connectivity index (χ0v) is 9.39. The number of halogens is 3. The fraction of sp³-hybridized carbons (Fsp3) is 1.00. The molecule has 0 bridgehead atoms. The Morgan fingerprint density at radius 3 is 2.19 bits per heavy atom. The molecule has 2 saturated carbocycles. The second-order valence-electron chi connectivity index (χ2n) is 5.42. The van der Waals surface area contributed by atoms with E-state index in [1.807, 2.05) is 0 Å². The van der Waals surface area contributed by atoms with E-state index < -0.39 is 17.7 Å². The molecular formula is C12H19F3O. The fourth-order valence-electron chi connectivity index (χ4n) is 3.40. The number of hydrogen-bond donors (Lipinski definition) is 1. The van der Waals surface area contributed by atoms with Crippen LogP contribution in [0.2, 0.25) is 0 Å². The quantitative estimate of drug-likeness (QED) is 0.736. The molecule has 1 N–H and O–H groups in total. The van der Waals surface area contributed by atoms with Crippen LogP contribution in [0.3, 0.4) is 0 Å². The van der Waals surface area contributed by atoms with Crippen LogP contribution in [0.5, 0.6) is 0 Å². The first-order chi connectivity index (χ1) is 7.42. The summed E-state index contributed by atoms with van der Waals surface area (Å²) in [7, 11) is 0. The van der Waals surface area contributed by atoms with E-state index >= 15 is 0 Å². The van der Waals surface area contributed by atoms with Crippen molar-refractivity contribution < 1.29 is 18.3 Å². The Morgan fingerprint density at radius 1 is 1.00 bits per heavy atom. The van der Waals surface area contributed by atoms with Gasteiger partial charge in [-0.3, -0.25) is 0 Å². The van der Waals surface area contributed by atoms with Crippen molar-refractivity contribution in [1.29, 1.82) is 0 Å². The second kappa shape index (κ2) is 4.21. The van der Waals surface area contributed by atoms with Gasteiger partial charge in [0.2, 0.25) is 0 Å². The first-order valence-corrected chi connectivity index (χ1v) is 6.21. The summed E-state index contributed by atoms with van der Waals surface area (Å²) in [5.41, 5.74) is -1.03. The third kappa shape index (κ3) is 2.36. The summed E-state index contributed by atoms with van der Waals surface area (Å²) in [5, 5.41) is 10.4. The highest BCUT2D eigenvalue weighted by Crippen LogP contribution is 2.48. The van der Waals surface area contributed by atoms with Crippen molar-refractivity contribution in [2.24, 2.45) is 11.8 Å². The van der Waals surface area contributed by atoms with E-state index in [-0.39, 0.29) is 18.8 Å². The number of rotatable bonds is 1. The predicted octanol–water partition coefficient (Wildman–Crippen LogP) is 3.66. The molecule has 0 aromatic heterocycles. The molecular weight excluding hydrogens is 217 g/mol. The summed E-state index contributed by atoms with van der Waals surface area (Å²) >= 11 is 0. The van der Waals surface area contributed by atoms with E-state index in [2.05, 4.69) is 0 Å². The van der Waals surface area contributed by atoms with Gasteiger partial charge in [-0.15, -0.1) is 0 Å². The highest BCUT2D eigenvalue weighted by molar-refractivity contribution is 4.95. The summed E-state index contributed by atoms with van der Waals surface area (Å²) in [5.74, 6) is -1.18. The van der Waals surface area contributed by atoms with Crippen LogP contribution in [0.15, 0.2) is 0 Å². The van der Waals surface area contributed by atoms with Crippen molar-refractivity contribution in [2.75, 3.05) is 0 Å².